The van der Waals surface area contributed by atoms with E-state index in [0.29, 0.717) is 5.02 Å². The molecular formula is C18H16ClFN2S. The molecule has 118 valence electrons. The van der Waals surface area contributed by atoms with Crippen LogP contribution >= 0.6 is 22.9 Å². The number of aryl methyl sites for hydroxylation is 1. The van der Waals surface area contributed by atoms with E-state index < -0.39 is 0 Å². The van der Waals surface area contributed by atoms with E-state index in [2.05, 4.69) is 16.9 Å². The maximum atomic E-state index is 13.1. The molecule has 0 unspecified atom stereocenters. The summed E-state index contributed by atoms with van der Waals surface area (Å²) in [5, 5.41) is 2.77. The van der Waals surface area contributed by atoms with Gasteiger partial charge in [-0.15, -0.1) is 11.3 Å². The van der Waals surface area contributed by atoms with Crippen molar-refractivity contribution >= 4 is 28.6 Å². The molecular weight excluding hydrogens is 331 g/mol. The minimum atomic E-state index is -0.228. The third kappa shape index (κ3) is 3.38. The van der Waals surface area contributed by atoms with Crippen LogP contribution < -0.4 is 4.80 Å². The Hall–Kier alpha value is -1.91. The Morgan fingerprint density at radius 2 is 1.91 bits per heavy atom. The van der Waals surface area contributed by atoms with Gasteiger partial charge in [0.2, 0.25) is 0 Å². The smallest absolute Gasteiger partial charge is 0.190 e. The van der Waals surface area contributed by atoms with E-state index in [1.807, 2.05) is 25.1 Å². The Bertz CT molecular complexity index is 894. The van der Waals surface area contributed by atoms with Gasteiger partial charge in [-0.25, -0.2) is 9.38 Å². The van der Waals surface area contributed by atoms with Crippen molar-refractivity contribution in [2.45, 2.75) is 20.4 Å². The van der Waals surface area contributed by atoms with E-state index in [4.69, 9.17) is 16.6 Å². The van der Waals surface area contributed by atoms with Gasteiger partial charge in [0.15, 0.2) is 4.80 Å². The standard InChI is InChI=1S/C18H16ClFN2S/c1-3-22-17(13-4-7-15(20)8-5-13)11-23-18(22)21-16-9-6-14(19)10-12(16)2/h4-11H,3H2,1-2H3. The van der Waals surface area contributed by atoms with Gasteiger partial charge < -0.3 is 4.57 Å². The van der Waals surface area contributed by atoms with Crippen LogP contribution in [0, 0.1) is 12.7 Å². The topological polar surface area (TPSA) is 17.3 Å². The number of thiazole rings is 1. The molecule has 0 aliphatic rings. The van der Waals surface area contributed by atoms with E-state index >= 15 is 0 Å². The molecule has 0 aliphatic carbocycles. The highest BCUT2D eigenvalue weighted by molar-refractivity contribution is 7.07. The molecule has 0 N–H and O–H groups in total. The third-order valence-corrected chi connectivity index (χ3v) is 4.73. The lowest BCUT2D eigenvalue weighted by Crippen LogP contribution is -2.14. The number of nitrogens with zero attached hydrogens (tertiary/aromatic N) is 2. The second-order valence-electron chi connectivity index (χ2n) is 5.20. The van der Waals surface area contributed by atoms with Crippen LogP contribution in [0.5, 0.6) is 0 Å². The van der Waals surface area contributed by atoms with Crippen molar-refractivity contribution in [3.05, 3.63) is 69.0 Å². The number of hydrogen-bond donors (Lipinski definition) is 0. The first-order valence-corrected chi connectivity index (χ1v) is 8.59. The van der Waals surface area contributed by atoms with Gasteiger partial charge in [0, 0.05) is 16.9 Å². The third-order valence-electron chi connectivity index (χ3n) is 3.63. The lowest BCUT2D eigenvalue weighted by Gasteiger charge is -2.06. The SMILES string of the molecule is CCn1c(-c2ccc(F)cc2)csc1=Nc1ccc(Cl)cc1C. The highest BCUT2D eigenvalue weighted by atomic mass is 35.5. The highest BCUT2D eigenvalue weighted by Crippen LogP contribution is 2.24. The number of halogens is 2. The zero-order valence-corrected chi connectivity index (χ0v) is 14.5. The molecule has 23 heavy (non-hydrogen) atoms. The molecule has 2 aromatic carbocycles. The Kier molecular flexibility index (Phi) is 4.64. The average Bonchev–Trinajstić information content (AvgIpc) is 2.93. The van der Waals surface area contributed by atoms with Crippen molar-refractivity contribution in [3.8, 4) is 11.3 Å². The van der Waals surface area contributed by atoms with E-state index in [9.17, 15) is 4.39 Å². The van der Waals surface area contributed by atoms with Gasteiger partial charge in [0.1, 0.15) is 5.82 Å². The van der Waals surface area contributed by atoms with Crippen LogP contribution in [0.15, 0.2) is 52.8 Å². The Morgan fingerprint density at radius 1 is 1.17 bits per heavy atom. The maximum Gasteiger partial charge on any atom is 0.190 e. The predicted octanol–water partition coefficient (Wildman–Crippen LogP) is 5.57. The first-order chi connectivity index (χ1) is 11.1. The van der Waals surface area contributed by atoms with Gasteiger partial charge >= 0.3 is 0 Å². The van der Waals surface area contributed by atoms with Crippen molar-refractivity contribution in [2.75, 3.05) is 0 Å². The van der Waals surface area contributed by atoms with Gasteiger partial charge in [-0.2, -0.15) is 0 Å². The van der Waals surface area contributed by atoms with Crippen LogP contribution in [-0.2, 0) is 6.54 Å². The molecule has 0 fully saturated rings. The molecule has 5 heteroatoms. The van der Waals surface area contributed by atoms with Crippen molar-refractivity contribution in [1.29, 1.82) is 0 Å². The molecule has 1 aromatic heterocycles. The molecule has 2 nitrogen and oxygen atoms in total. The summed E-state index contributed by atoms with van der Waals surface area (Å²) in [6.07, 6.45) is 0. The van der Waals surface area contributed by atoms with E-state index in [0.717, 1.165) is 33.9 Å². The van der Waals surface area contributed by atoms with E-state index in [1.54, 1.807) is 23.5 Å². The normalized spacial score (nSPS) is 11.9. The Balaban J connectivity index is 2.11. The number of benzene rings is 2. The molecule has 0 spiro atoms. The molecule has 0 aliphatic heterocycles. The monoisotopic (exact) mass is 346 g/mol. The van der Waals surface area contributed by atoms with Crippen LogP contribution in [0.3, 0.4) is 0 Å². The summed E-state index contributed by atoms with van der Waals surface area (Å²) in [6.45, 7) is 4.87. The first-order valence-electron chi connectivity index (χ1n) is 7.33. The number of aromatic nitrogens is 1. The molecule has 0 atom stereocenters. The van der Waals surface area contributed by atoms with E-state index in [-0.39, 0.29) is 5.82 Å². The number of hydrogen-bond acceptors (Lipinski definition) is 2. The minimum absolute atomic E-state index is 0.228. The highest BCUT2D eigenvalue weighted by Gasteiger charge is 2.07. The first kappa shape index (κ1) is 16.0. The Labute approximate surface area is 143 Å². The van der Waals surface area contributed by atoms with Crippen molar-refractivity contribution in [1.82, 2.24) is 4.57 Å². The van der Waals surface area contributed by atoms with Crippen molar-refractivity contribution in [3.63, 3.8) is 0 Å². The summed E-state index contributed by atoms with van der Waals surface area (Å²) in [5.74, 6) is -0.228. The van der Waals surface area contributed by atoms with Crippen LogP contribution in [-0.4, -0.2) is 4.57 Å². The quantitative estimate of drug-likeness (QED) is 0.590. The lowest BCUT2D eigenvalue weighted by molar-refractivity contribution is 0.628. The van der Waals surface area contributed by atoms with Gasteiger partial charge in [-0.05, 0) is 67.4 Å². The molecule has 0 saturated heterocycles. The maximum absolute atomic E-state index is 13.1. The van der Waals surface area contributed by atoms with Crippen molar-refractivity contribution < 1.29 is 4.39 Å². The average molecular weight is 347 g/mol. The zero-order valence-electron chi connectivity index (χ0n) is 12.9. The fourth-order valence-electron chi connectivity index (χ4n) is 2.42. The second kappa shape index (κ2) is 6.69. The molecule has 3 rings (SSSR count). The van der Waals surface area contributed by atoms with Crippen molar-refractivity contribution in [2.24, 2.45) is 4.99 Å². The second-order valence-corrected chi connectivity index (χ2v) is 6.47. The number of rotatable bonds is 3. The van der Waals surface area contributed by atoms with Gasteiger partial charge in [0.25, 0.3) is 0 Å². The van der Waals surface area contributed by atoms with Gasteiger partial charge in [-0.1, -0.05) is 11.6 Å². The Morgan fingerprint density at radius 3 is 2.57 bits per heavy atom. The molecule has 1 heterocycles. The molecule has 0 bridgehead atoms. The van der Waals surface area contributed by atoms with E-state index in [1.165, 1.54) is 12.1 Å². The largest absolute Gasteiger partial charge is 0.317 e. The van der Waals surface area contributed by atoms with Crippen LogP contribution in [0.4, 0.5) is 10.1 Å². The van der Waals surface area contributed by atoms with Crippen LogP contribution in [0.1, 0.15) is 12.5 Å². The van der Waals surface area contributed by atoms with Crippen LogP contribution in [0.2, 0.25) is 5.02 Å². The molecule has 0 radical (unpaired) electrons. The summed E-state index contributed by atoms with van der Waals surface area (Å²) >= 11 is 7.58. The fourth-order valence-corrected chi connectivity index (χ4v) is 3.64. The zero-order chi connectivity index (χ0) is 16.4. The molecule has 3 aromatic rings. The lowest BCUT2D eigenvalue weighted by atomic mass is 10.2. The summed E-state index contributed by atoms with van der Waals surface area (Å²) in [5.41, 5.74) is 3.97. The predicted molar refractivity (Wildman–Crippen MR) is 94.8 cm³/mol. The fraction of sp³-hybridized carbons (Fsp3) is 0.167. The molecule has 0 amide bonds. The summed E-state index contributed by atoms with van der Waals surface area (Å²) < 4.78 is 15.3. The minimum Gasteiger partial charge on any atom is -0.317 e. The van der Waals surface area contributed by atoms with Gasteiger partial charge in [-0.3, -0.25) is 0 Å². The van der Waals surface area contributed by atoms with Gasteiger partial charge in [0.05, 0.1) is 11.4 Å². The summed E-state index contributed by atoms with van der Waals surface area (Å²) in [6, 6.07) is 12.2. The van der Waals surface area contributed by atoms with Crippen LogP contribution in [0.25, 0.3) is 11.3 Å². The molecule has 0 saturated carbocycles. The summed E-state index contributed by atoms with van der Waals surface area (Å²) in [7, 11) is 0. The summed E-state index contributed by atoms with van der Waals surface area (Å²) in [4.78, 5) is 5.68.